The van der Waals surface area contributed by atoms with Crippen molar-refractivity contribution in [3.8, 4) is 0 Å². The number of aliphatic hydroxyl groups is 2. The molecule has 6 nitrogen and oxygen atoms in total. The molecule has 1 aliphatic heterocycles. The number of aliphatic hydroxyl groups excluding tert-OH is 2. The molecule has 4 aliphatic carbocycles. The zero-order valence-corrected chi connectivity index (χ0v) is 14.3. The topological polar surface area (TPSA) is 104 Å². The number of carbonyl (C=O) groups excluding carboxylic acids is 1. The lowest BCUT2D eigenvalue weighted by molar-refractivity contribution is -0.163. The van der Waals surface area contributed by atoms with Gasteiger partial charge in [-0.05, 0) is 43.9 Å². The van der Waals surface area contributed by atoms with Gasteiger partial charge in [0.1, 0.15) is 11.0 Å². The maximum Gasteiger partial charge on any atom is 0.315 e. The van der Waals surface area contributed by atoms with E-state index in [-0.39, 0.29) is 12.3 Å². The number of allylic oxidation sites excluding steroid dienone is 1. The monoisotopic (exact) mass is 348 g/mol. The molecule has 0 aromatic heterocycles. The van der Waals surface area contributed by atoms with Crippen LogP contribution in [0.5, 0.6) is 0 Å². The molecule has 1 spiro atoms. The zero-order valence-electron chi connectivity index (χ0n) is 14.3. The molecule has 5 aliphatic rings. The summed E-state index contributed by atoms with van der Waals surface area (Å²) < 4.78 is 5.92. The number of rotatable bonds is 1. The molecule has 1 saturated heterocycles. The Morgan fingerprint density at radius 2 is 2.00 bits per heavy atom. The predicted molar refractivity (Wildman–Crippen MR) is 85.2 cm³/mol. The van der Waals surface area contributed by atoms with E-state index < -0.39 is 52.4 Å². The summed E-state index contributed by atoms with van der Waals surface area (Å²) >= 11 is 0. The zero-order chi connectivity index (χ0) is 17.9. The summed E-state index contributed by atoms with van der Waals surface area (Å²) in [6.45, 7) is 5.77. The van der Waals surface area contributed by atoms with Gasteiger partial charge in [0.15, 0.2) is 0 Å². The molecule has 6 heteroatoms. The lowest BCUT2D eigenvalue weighted by Gasteiger charge is -2.46. The largest absolute Gasteiger partial charge is 0.481 e. The van der Waals surface area contributed by atoms with E-state index >= 15 is 0 Å². The number of ether oxygens (including phenoxy) is 1. The highest BCUT2D eigenvalue weighted by atomic mass is 16.6. The molecule has 25 heavy (non-hydrogen) atoms. The van der Waals surface area contributed by atoms with Gasteiger partial charge in [0, 0.05) is 18.3 Å². The maximum atomic E-state index is 12.7. The quantitative estimate of drug-likeness (QED) is 0.484. The fraction of sp³-hybridized carbons (Fsp3) is 0.789. The Morgan fingerprint density at radius 1 is 1.28 bits per heavy atom. The standard InChI is InChI=1S/C19H24O6/c1-8-5-18-6-9(8)3-4-11(18)19-7-10(20)14(21)17(2,16(24)25-19)13(19)12(18)15(22)23/h9-14,20-21H,1,3-7H2,2H3,(H,22,23)/t9-,10-,11-,12-,13-,14-,17+,18+,19-/m1/s1. The minimum atomic E-state index is -1.37. The van der Waals surface area contributed by atoms with Crippen LogP contribution in [0.15, 0.2) is 12.2 Å². The molecular formula is C19H24O6. The number of esters is 1. The first-order valence-electron chi connectivity index (χ1n) is 9.18. The van der Waals surface area contributed by atoms with Crippen molar-refractivity contribution in [3.63, 3.8) is 0 Å². The third kappa shape index (κ3) is 1.44. The summed E-state index contributed by atoms with van der Waals surface area (Å²) in [5, 5.41) is 31.3. The molecule has 1 heterocycles. The van der Waals surface area contributed by atoms with Crippen LogP contribution >= 0.6 is 0 Å². The Kier molecular flexibility index (Phi) is 2.71. The van der Waals surface area contributed by atoms with Gasteiger partial charge in [-0.25, -0.2) is 0 Å². The van der Waals surface area contributed by atoms with Crippen LogP contribution in [0, 0.1) is 34.5 Å². The van der Waals surface area contributed by atoms with Crippen molar-refractivity contribution in [1.82, 2.24) is 0 Å². The van der Waals surface area contributed by atoms with Gasteiger partial charge >= 0.3 is 11.9 Å². The molecule has 3 N–H and O–H groups in total. The Balaban J connectivity index is 1.76. The first-order chi connectivity index (χ1) is 11.7. The maximum absolute atomic E-state index is 12.7. The molecule has 0 amide bonds. The first-order valence-corrected chi connectivity index (χ1v) is 9.18. The minimum Gasteiger partial charge on any atom is -0.481 e. The van der Waals surface area contributed by atoms with Crippen molar-refractivity contribution in [2.75, 3.05) is 0 Å². The normalized spacial score (nSPS) is 58.7. The molecule has 4 saturated carbocycles. The minimum absolute atomic E-state index is 0.0884. The molecule has 9 atom stereocenters. The molecule has 0 radical (unpaired) electrons. The van der Waals surface area contributed by atoms with Crippen molar-refractivity contribution in [1.29, 1.82) is 0 Å². The van der Waals surface area contributed by atoms with Crippen molar-refractivity contribution in [2.45, 2.75) is 56.8 Å². The highest BCUT2D eigenvalue weighted by Gasteiger charge is 2.84. The number of hydrogen-bond acceptors (Lipinski definition) is 5. The van der Waals surface area contributed by atoms with Gasteiger partial charge in [-0.15, -0.1) is 0 Å². The second-order valence-corrected chi connectivity index (χ2v) is 9.24. The summed E-state index contributed by atoms with van der Waals surface area (Å²) in [5.41, 5.74) is -1.70. The SMILES string of the molecule is C=C1C[C@]23C[C@H]1CC[C@H]2[C@@]12C[C@@H](O)[C@@H](O)[C@@](C)(C(=O)O1)[C@H]2[C@@H]3C(=O)O. The Hall–Kier alpha value is -1.40. The van der Waals surface area contributed by atoms with Crippen molar-refractivity contribution in [3.05, 3.63) is 12.2 Å². The van der Waals surface area contributed by atoms with Crippen LogP contribution in [-0.4, -0.2) is 45.1 Å². The molecule has 0 aromatic carbocycles. The number of carboxylic acid groups (broad SMARTS) is 1. The van der Waals surface area contributed by atoms with Crippen LogP contribution in [0.3, 0.4) is 0 Å². The lowest BCUT2D eigenvalue weighted by Crippen LogP contribution is -2.59. The van der Waals surface area contributed by atoms with Crippen molar-refractivity contribution < 1.29 is 29.6 Å². The van der Waals surface area contributed by atoms with Crippen LogP contribution in [0.1, 0.15) is 39.0 Å². The number of hydrogen-bond donors (Lipinski definition) is 3. The van der Waals surface area contributed by atoms with Crippen LogP contribution in [-0.2, 0) is 14.3 Å². The van der Waals surface area contributed by atoms with Crippen molar-refractivity contribution in [2.24, 2.45) is 34.5 Å². The van der Waals surface area contributed by atoms with E-state index in [4.69, 9.17) is 4.74 Å². The number of fused-ring (bicyclic) bond motifs is 1. The average molecular weight is 348 g/mol. The number of carboxylic acids is 1. The Morgan fingerprint density at radius 3 is 2.68 bits per heavy atom. The average Bonchev–Trinajstić information content (AvgIpc) is 3.00. The third-order valence-corrected chi connectivity index (χ3v) is 8.47. The summed E-state index contributed by atoms with van der Waals surface area (Å²) in [4.78, 5) is 25.2. The Bertz CT molecular complexity index is 717. The van der Waals surface area contributed by atoms with Crippen LogP contribution in [0.25, 0.3) is 0 Å². The van der Waals surface area contributed by atoms with Gasteiger partial charge in [0.05, 0.1) is 18.1 Å². The second kappa shape index (κ2) is 4.29. The van der Waals surface area contributed by atoms with Gasteiger partial charge in [-0.3, -0.25) is 9.59 Å². The number of aliphatic carboxylic acids is 1. The molecular weight excluding hydrogens is 324 g/mol. The summed E-state index contributed by atoms with van der Waals surface area (Å²) in [6.07, 6.45) is 0.907. The molecule has 0 unspecified atom stereocenters. The molecule has 5 fully saturated rings. The lowest BCUT2D eigenvalue weighted by atomic mass is 9.58. The summed E-state index contributed by atoms with van der Waals surface area (Å²) in [7, 11) is 0. The van der Waals surface area contributed by atoms with Crippen LogP contribution in [0.4, 0.5) is 0 Å². The predicted octanol–water partition coefficient (Wildman–Crippen LogP) is 1.11. The summed E-state index contributed by atoms with van der Waals surface area (Å²) in [5.74, 6) is -2.57. The fourth-order valence-electron chi connectivity index (χ4n) is 7.72. The molecule has 4 bridgehead atoms. The molecule has 0 aromatic rings. The van der Waals surface area contributed by atoms with E-state index in [0.29, 0.717) is 12.3 Å². The van der Waals surface area contributed by atoms with Gasteiger partial charge in [0.25, 0.3) is 0 Å². The third-order valence-electron chi connectivity index (χ3n) is 8.47. The van der Waals surface area contributed by atoms with E-state index in [1.165, 1.54) is 0 Å². The van der Waals surface area contributed by atoms with Crippen LogP contribution < -0.4 is 0 Å². The second-order valence-electron chi connectivity index (χ2n) is 9.24. The molecule has 5 rings (SSSR count). The van der Waals surface area contributed by atoms with E-state index in [1.54, 1.807) is 6.92 Å². The molecule has 136 valence electrons. The summed E-state index contributed by atoms with van der Waals surface area (Å²) in [6, 6.07) is 0. The van der Waals surface area contributed by atoms with Crippen molar-refractivity contribution >= 4 is 11.9 Å². The smallest absolute Gasteiger partial charge is 0.315 e. The van der Waals surface area contributed by atoms with E-state index in [1.807, 2.05) is 0 Å². The van der Waals surface area contributed by atoms with E-state index in [9.17, 15) is 24.9 Å². The highest BCUT2D eigenvalue weighted by molar-refractivity contribution is 5.85. The van der Waals surface area contributed by atoms with E-state index in [0.717, 1.165) is 24.8 Å². The Labute approximate surface area is 145 Å². The van der Waals surface area contributed by atoms with Gasteiger partial charge in [-0.1, -0.05) is 12.2 Å². The van der Waals surface area contributed by atoms with Crippen LogP contribution in [0.2, 0.25) is 0 Å². The fourth-order valence-corrected chi connectivity index (χ4v) is 7.72. The first kappa shape index (κ1) is 15.8. The van der Waals surface area contributed by atoms with Gasteiger partial charge < -0.3 is 20.1 Å². The van der Waals surface area contributed by atoms with E-state index in [2.05, 4.69) is 6.58 Å². The highest BCUT2D eigenvalue weighted by Crippen LogP contribution is 2.77. The van der Waals surface area contributed by atoms with Gasteiger partial charge in [-0.2, -0.15) is 0 Å². The van der Waals surface area contributed by atoms with Gasteiger partial charge in [0.2, 0.25) is 0 Å². The number of carbonyl (C=O) groups is 2.